The van der Waals surface area contributed by atoms with E-state index in [1.54, 1.807) is 23.7 Å². The number of aromatic nitrogens is 2. The molecule has 23 heavy (non-hydrogen) atoms. The zero-order valence-electron chi connectivity index (χ0n) is 13.8. The van der Waals surface area contributed by atoms with E-state index in [0.29, 0.717) is 25.2 Å². The molecule has 0 spiro atoms. The first-order chi connectivity index (χ1) is 10.8. The molecule has 0 aliphatic carbocycles. The summed E-state index contributed by atoms with van der Waals surface area (Å²) in [5.41, 5.74) is 2.55. The van der Waals surface area contributed by atoms with Gasteiger partial charge in [-0.1, -0.05) is 12.1 Å². The summed E-state index contributed by atoms with van der Waals surface area (Å²) in [6, 6.07) is 5.87. The maximum atomic E-state index is 13.0. The van der Waals surface area contributed by atoms with Crippen LogP contribution in [0.2, 0.25) is 0 Å². The summed E-state index contributed by atoms with van der Waals surface area (Å²) in [6.07, 6.45) is 0. The number of nitrogens with zero attached hydrogens (tertiary/aromatic N) is 2. The van der Waals surface area contributed by atoms with Crippen LogP contribution in [0.4, 0.5) is 4.39 Å². The number of benzene rings is 1. The number of aliphatic hydroxyl groups is 2. The minimum absolute atomic E-state index is 0.0497. The van der Waals surface area contributed by atoms with E-state index in [1.807, 2.05) is 13.8 Å². The van der Waals surface area contributed by atoms with Crippen LogP contribution in [0.3, 0.4) is 0 Å². The zero-order valence-corrected chi connectivity index (χ0v) is 13.8. The number of aryl methyl sites for hydroxylation is 1. The van der Waals surface area contributed by atoms with Gasteiger partial charge in [-0.2, -0.15) is 5.10 Å². The van der Waals surface area contributed by atoms with Crippen molar-refractivity contribution in [2.24, 2.45) is 0 Å². The first-order valence-electron chi connectivity index (χ1n) is 7.68. The molecule has 1 heterocycles. The van der Waals surface area contributed by atoms with Crippen molar-refractivity contribution in [2.75, 3.05) is 13.2 Å². The van der Waals surface area contributed by atoms with E-state index in [0.717, 1.165) is 17.0 Å². The molecule has 0 bridgehead atoms. The Bertz CT molecular complexity index is 651. The summed E-state index contributed by atoms with van der Waals surface area (Å²) in [6.45, 7) is 7.01. The molecular weight excluding hydrogens is 297 g/mol. The van der Waals surface area contributed by atoms with E-state index in [2.05, 4.69) is 10.4 Å². The van der Waals surface area contributed by atoms with Crippen molar-refractivity contribution >= 4 is 0 Å². The Morgan fingerprint density at radius 2 is 1.91 bits per heavy atom. The fourth-order valence-corrected chi connectivity index (χ4v) is 2.64. The monoisotopic (exact) mass is 321 g/mol. The lowest BCUT2D eigenvalue weighted by molar-refractivity contribution is 0.0566. The third kappa shape index (κ3) is 4.16. The summed E-state index contributed by atoms with van der Waals surface area (Å²) in [5.74, 6) is -0.319. The average Bonchev–Trinajstić information content (AvgIpc) is 2.75. The molecule has 126 valence electrons. The Kier molecular flexibility index (Phi) is 5.51. The van der Waals surface area contributed by atoms with Crippen molar-refractivity contribution in [1.29, 1.82) is 0 Å². The summed E-state index contributed by atoms with van der Waals surface area (Å²) in [5, 5.41) is 27.2. The number of nitrogens with one attached hydrogen (secondary N) is 1. The summed E-state index contributed by atoms with van der Waals surface area (Å²) < 4.78 is 14.8. The molecule has 0 aliphatic heterocycles. The molecule has 1 atom stereocenters. The van der Waals surface area contributed by atoms with Crippen LogP contribution in [0.15, 0.2) is 24.3 Å². The Labute approximate surface area is 135 Å². The van der Waals surface area contributed by atoms with Crippen LogP contribution in [0, 0.1) is 19.7 Å². The maximum Gasteiger partial charge on any atom is 0.123 e. The van der Waals surface area contributed by atoms with Crippen LogP contribution in [-0.2, 0) is 18.7 Å². The number of halogens is 1. The van der Waals surface area contributed by atoms with Crippen LogP contribution >= 0.6 is 0 Å². The van der Waals surface area contributed by atoms with Crippen molar-refractivity contribution in [2.45, 2.75) is 39.5 Å². The third-order valence-corrected chi connectivity index (χ3v) is 4.08. The molecule has 2 aromatic rings. The molecule has 0 saturated heterocycles. The fourth-order valence-electron chi connectivity index (χ4n) is 2.64. The molecular formula is C17H24FN3O2. The third-order valence-electron chi connectivity index (χ3n) is 4.08. The summed E-state index contributed by atoms with van der Waals surface area (Å²) >= 11 is 0. The van der Waals surface area contributed by atoms with E-state index in [9.17, 15) is 9.50 Å². The van der Waals surface area contributed by atoms with Crippen molar-refractivity contribution in [1.82, 2.24) is 15.1 Å². The van der Waals surface area contributed by atoms with E-state index >= 15 is 0 Å². The van der Waals surface area contributed by atoms with Gasteiger partial charge in [0, 0.05) is 24.3 Å². The standard InChI is InChI=1S/C17H24FN3O2/c1-12-16(13(2)21(20-12)8-9-22)10-19-11-17(3,23)14-4-6-15(18)7-5-14/h4-7,19,22-23H,8-11H2,1-3H3. The highest BCUT2D eigenvalue weighted by molar-refractivity contribution is 5.25. The van der Waals surface area contributed by atoms with Crippen molar-refractivity contribution in [3.8, 4) is 0 Å². The van der Waals surface area contributed by atoms with Gasteiger partial charge >= 0.3 is 0 Å². The Morgan fingerprint density at radius 3 is 2.52 bits per heavy atom. The first-order valence-corrected chi connectivity index (χ1v) is 7.68. The van der Waals surface area contributed by atoms with Crippen molar-refractivity contribution < 1.29 is 14.6 Å². The summed E-state index contributed by atoms with van der Waals surface area (Å²) in [4.78, 5) is 0. The topological polar surface area (TPSA) is 70.3 Å². The molecule has 1 aromatic heterocycles. The lowest BCUT2D eigenvalue weighted by Gasteiger charge is -2.24. The molecule has 6 heteroatoms. The second-order valence-corrected chi connectivity index (χ2v) is 5.98. The molecule has 3 N–H and O–H groups in total. The minimum Gasteiger partial charge on any atom is -0.394 e. The molecule has 2 rings (SSSR count). The normalized spacial score (nSPS) is 14.0. The maximum absolute atomic E-state index is 13.0. The van der Waals surface area contributed by atoms with E-state index in [-0.39, 0.29) is 12.4 Å². The molecule has 1 unspecified atom stereocenters. The van der Waals surface area contributed by atoms with E-state index in [4.69, 9.17) is 5.11 Å². The molecule has 5 nitrogen and oxygen atoms in total. The second-order valence-electron chi connectivity index (χ2n) is 5.98. The van der Waals surface area contributed by atoms with E-state index < -0.39 is 5.60 Å². The Morgan fingerprint density at radius 1 is 1.26 bits per heavy atom. The Balaban J connectivity index is 2.00. The predicted octanol–water partition coefficient (Wildman–Crippen LogP) is 1.63. The lowest BCUT2D eigenvalue weighted by atomic mass is 9.96. The molecule has 0 amide bonds. The average molecular weight is 321 g/mol. The van der Waals surface area contributed by atoms with Gasteiger partial charge in [-0.15, -0.1) is 0 Å². The zero-order chi connectivity index (χ0) is 17.0. The van der Waals surface area contributed by atoms with Crippen molar-refractivity contribution in [3.05, 3.63) is 52.6 Å². The van der Waals surface area contributed by atoms with Gasteiger partial charge in [-0.05, 0) is 38.5 Å². The predicted molar refractivity (Wildman–Crippen MR) is 86.5 cm³/mol. The number of rotatable bonds is 7. The van der Waals surface area contributed by atoms with E-state index in [1.165, 1.54) is 12.1 Å². The second kappa shape index (κ2) is 7.21. The van der Waals surface area contributed by atoms with Crippen LogP contribution in [0.1, 0.15) is 29.4 Å². The number of hydrogen-bond acceptors (Lipinski definition) is 4. The van der Waals surface area contributed by atoms with Gasteiger partial charge in [0.15, 0.2) is 0 Å². The van der Waals surface area contributed by atoms with Crippen LogP contribution in [0.5, 0.6) is 0 Å². The Hall–Kier alpha value is -1.76. The smallest absolute Gasteiger partial charge is 0.123 e. The number of hydrogen-bond donors (Lipinski definition) is 3. The minimum atomic E-state index is -1.09. The molecule has 0 saturated carbocycles. The quantitative estimate of drug-likeness (QED) is 0.725. The molecule has 0 fully saturated rings. The van der Waals surface area contributed by atoms with Gasteiger partial charge in [-0.3, -0.25) is 4.68 Å². The van der Waals surface area contributed by atoms with Crippen LogP contribution in [-0.4, -0.2) is 33.1 Å². The first kappa shape index (κ1) is 17.6. The van der Waals surface area contributed by atoms with Crippen molar-refractivity contribution in [3.63, 3.8) is 0 Å². The van der Waals surface area contributed by atoms with Crippen LogP contribution < -0.4 is 5.32 Å². The fraction of sp³-hybridized carbons (Fsp3) is 0.471. The van der Waals surface area contributed by atoms with Gasteiger partial charge in [0.2, 0.25) is 0 Å². The SMILES string of the molecule is Cc1nn(CCO)c(C)c1CNCC(C)(O)c1ccc(F)cc1. The van der Waals surface area contributed by atoms with Gasteiger partial charge in [0.25, 0.3) is 0 Å². The molecule has 1 aromatic carbocycles. The molecule has 0 radical (unpaired) electrons. The van der Waals surface area contributed by atoms with Gasteiger partial charge < -0.3 is 15.5 Å². The highest BCUT2D eigenvalue weighted by Crippen LogP contribution is 2.20. The lowest BCUT2D eigenvalue weighted by Crippen LogP contribution is -2.35. The highest BCUT2D eigenvalue weighted by Gasteiger charge is 2.23. The molecule has 0 aliphatic rings. The highest BCUT2D eigenvalue weighted by atomic mass is 19.1. The largest absolute Gasteiger partial charge is 0.394 e. The van der Waals surface area contributed by atoms with Crippen LogP contribution in [0.25, 0.3) is 0 Å². The number of aliphatic hydroxyl groups excluding tert-OH is 1. The van der Waals surface area contributed by atoms with Gasteiger partial charge in [-0.25, -0.2) is 4.39 Å². The van der Waals surface area contributed by atoms with Gasteiger partial charge in [0.05, 0.1) is 24.4 Å². The van der Waals surface area contributed by atoms with Gasteiger partial charge in [0.1, 0.15) is 5.82 Å². The summed E-state index contributed by atoms with van der Waals surface area (Å²) in [7, 11) is 0.